The van der Waals surface area contributed by atoms with E-state index in [1.54, 1.807) is 30.3 Å². The van der Waals surface area contributed by atoms with E-state index in [0.717, 1.165) is 40.1 Å². The highest BCUT2D eigenvalue weighted by Gasteiger charge is 2.33. The van der Waals surface area contributed by atoms with Crippen molar-refractivity contribution in [2.45, 2.75) is 52.6 Å². The molecule has 0 aliphatic heterocycles. The van der Waals surface area contributed by atoms with E-state index in [9.17, 15) is 18.0 Å². The minimum Gasteiger partial charge on any atom is -0.354 e. The van der Waals surface area contributed by atoms with Gasteiger partial charge in [-0.25, -0.2) is 8.42 Å². The smallest absolute Gasteiger partial charge is 0.244 e. The number of unbranched alkanes of at least 4 members (excludes halogenated alkanes) is 1. The number of hydrogen-bond acceptors (Lipinski definition) is 4. The van der Waals surface area contributed by atoms with Gasteiger partial charge in [0.1, 0.15) is 12.6 Å². The molecule has 1 atom stereocenters. The van der Waals surface area contributed by atoms with Crippen molar-refractivity contribution >= 4 is 50.7 Å². The molecule has 3 rings (SSSR count). The van der Waals surface area contributed by atoms with Crippen LogP contribution in [0.1, 0.15) is 42.0 Å². The van der Waals surface area contributed by atoms with Crippen molar-refractivity contribution in [3.8, 4) is 0 Å². The van der Waals surface area contributed by atoms with Gasteiger partial charge < -0.3 is 10.2 Å². The van der Waals surface area contributed by atoms with Gasteiger partial charge in [-0.15, -0.1) is 0 Å². The summed E-state index contributed by atoms with van der Waals surface area (Å²) in [6, 6.07) is 18.9. The fourth-order valence-electron chi connectivity index (χ4n) is 4.50. The quantitative estimate of drug-likeness (QED) is 0.241. The fraction of sp³-hybridized carbons (Fsp3) is 0.355. The first kappa shape index (κ1) is 32.4. The molecule has 0 spiro atoms. The lowest BCUT2D eigenvalue weighted by Gasteiger charge is -2.34. The summed E-state index contributed by atoms with van der Waals surface area (Å²) in [7, 11) is -3.85. The highest BCUT2D eigenvalue weighted by atomic mass is 35.5. The average Bonchev–Trinajstić information content (AvgIpc) is 2.93. The number of benzene rings is 3. The molecule has 0 saturated carbocycles. The van der Waals surface area contributed by atoms with Gasteiger partial charge in [-0.2, -0.15) is 0 Å². The fourth-order valence-corrected chi connectivity index (χ4v) is 5.72. The maximum atomic E-state index is 14.2. The van der Waals surface area contributed by atoms with E-state index < -0.39 is 28.5 Å². The Morgan fingerprint density at radius 2 is 1.63 bits per heavy atom. The Balaban J connectivity index is 2.08. The molecule has 0 radical (unpaired) electrons. The van der Waals surface area contributed by atoms with Crippen LogP contribution in [0.25, 0.3) is 0 Å². The van der Waals surface area contributed by atoms with E-state index in [0.29, 0.717) is 27.8 Å². The number of carbonyl (C=O) groups is 2. The summed E-state index contributed by atoms with van der Waals surface area (Å²) in [4.78, 5) is 29.3. The number of aryl methyl sites for hydroxylation is 1. The topological polar surface area (TPSA) is 86.8 Å². The SMILES string of the molecule is CCCCNC(=O)C(Cc1ccccc1)N(Cc1ccc(Cl)c(Cl)c1)C(=O)CN(c1cccc(C)c1C)S(C)(=O)=O. The zero-order valence-corrected chi connectivity index (χ0v) is 26.2. The van der Waals surface area contributed by atoms with E-state index in [1.807, 2.05) is 57.2 Å². The molecule has 220 valence electrons. The second-order valence-corrected chi connectivity index (χ2v) is 12.8. The summed E-state index contributed by atoms with van der Waals surface area (Å²) < 4.78 is 27.1. The first-order chi connectivity index (χ1) is 19.4. The first-order valence-corrected chi connectivity index (χ1v) is 16.1. The van der Waals surface area contributed by atoms with Crippen LogP contribution in [0.3, 0.4) is 0 Å². The van der Waals surface area contributed by atoms with Gasteiger partial charge in [0.15, 0.2) is 0 Å². The molecule has 0 bridgehead atoms. The molecule has 0 heterocycles. The van der Waals surface area contributed by atoms with Crippen LogP contribution in [0.4, 0.5) is 5.69 Å². The normalized spacial score (nSPS) is 12.0. The third kappa shape index (κ3) is 8.96. The van der Waals surface area contributed by atoms with E-state index in [4.69, 9.17) is 23.2 Å². The van der Waals surface area contributed by atoms with Gasteiger partial charge in [-0.05, 0) is 60.7 Å². The van der Waals surface area contributed by atoms with Crippen LogP contribution in [0.15, 0.2) is 66.7 Å². The molecule has 7 nitrogen and oxygen atoms in total. The Morgan fingerprint density at radius 1 is 0.927 bits per heavy atom. The third-order valence-corrected chi connectivity index (χ3v) is 8.83. The molecule has 0 saturated heterocycles. The lowest BCUT2D eigenvalue weighted by molar-refractivity contribution is -0.140. The average molecular weight is 619 g/mol. The van der Waals surface area contributed by atoms with Crippen LogP contribution in [0.5, 0.6) is 0 Å². The first-order valence-electron chi connectivity index (χ1n) is 13.5. The van der Waals surface area contributed by atoms with Crippen LogP contribution >= 0.6 is 23.2 Å². The summed E-state index contributed by atoms with van der Waals surface area (Å²) in [5.41, 5.74) is 3.59. The second-order valence-electron chi connectivity index (χ2n) is 10.1. The standard InChI is InChI=1S/C31H37Cl2N3O4S/c1-5-6-17-34-31(38)29(19-24-12-8-7-9-13-24)35(20-25-15-16-26(32)27(33)18-25)30(37)21-36(41(4,39)40)28-14-10-11-22(2)23(28)3/h7-16,18,29H,5-6,17,19-21H2,1-4H3,(H,34,38). The summed E-state index contributed by atoms with van der Waals surface area (Å²) in [5, 5.41) is 3.65. The highest BCUT2D eigenvalue weighted by molar-refractivity contribution is 7.92. The number of nitrogens with one attached hydrogen (secondary N) is 1. The molecule has 10 heteroatoms. The molecule has 41 heavy (non-hydrogen) atoms. The summed E-state index contributed by atoms with van der Waals surface area (Å²) in [6.07, 6.45) is 3.01. The number of carbonyl (C=O) groups excluding carboxylic acids is 2. The van der Waals surface area contributed by atoms with Gasteiger partial charge in [0.25, 0.3) is 0 Å². The van der Waals surface area contributed by atoms with Gasteiger partial charge in [0.05, 0.1) is 22.0 Å². The van der Waals surface area contributed by atoms with E-state index in [-0.39, 0.29) is 18.9 Å². The molecular formula is C31H37Cl2N3O4S. The number of hydrogen-bond donors (Lipinski definition) is 1. The molecule has 0 aliphatic carbocycles. The Labute approximate surface area is 253 Å². The van der Waals surface area contributed by atoms with Crippen molar-refractivity contribution in [2.24, 2.45) is 0 Å². The molecule has 1 unspecified atom stereocenters. The largest absolute Gasteiger partial charge is 0.354 e. The number of halogens is 2. The molecular weight excluding hydrogens is 581 g/mol. The van der Waals surface area contributed by atoms with E-state index in [2.05, 4.69) is 5.32 Å². The molecule has 1 N–H and O–H groups in total. The summed E-state index contributed by atoms with van der Waals surface area (Å²) in [5.74, 6) is -0.831. The Bertz CT molecular complexity index is 1470. The van der Waals surface area contributed by atoms with Crippen molar-refractivity contribution < 1.29 is 18.0 Å². The van der Waals surface area contributed by atoms with Crippen molar-refractivity contribution in [2.75, 3.05) is 23.7 Å². The number of anilines is 1. The molecule has 0 fully saturated rings. The van der Waals surface area contributed by atoms with Gasteiger partial charge in [-0.3, -0.25) is 13.9 Å². The molecule has 3 aromatic carbocycles. The predicted octanol–water partition coefficient (Wildman–Crippen LogP) is 5.93. The second kappa shape index (κ2) is 14.7. The number of rotatable bonds is 13. The lowest BCUT2D eigenvalue weighted by Crippen LogP contribution is -2.53. The van der Waals surface area contributed by atoms with E-state index in [1.165, 1.54) is 4.90 Å². The van der Waals surface area contributed by atoms with Crippen LogP contribution in [-0.4, -0.2) is 50.5 Å². The molecule has 0 aliphatic rings. The maximum absolute atomic E-state index is 14.2. The summed E-state index contributed by atoms with van der Waals surface area (Å²) >= 11 is 12.4. The van der Waals surface area contributed by atoms with Gasteiger partial charge in [0.2, 0.25) is 21.8 Å². The highest BCUT2D eigenvalue weighted by Crippen LogP contribution is 2.27. The predicted molar refractivity (Wildman–Crippen MR) is 167 cm³/mol. The Hall–Kier alpha value is -3.07. The number of amides is 2. The molecule has 3 aromatic rings. The minimum absolute atomic E-state index is 0.0266. The molecule has 2 amide bonds. The Morgan fingerprint density at radius 3 is 2.27 bits per heavy atom. The van der Waals surface area contributed by atoms with Crippen molar-refractivity contribution in [1.29, 1.82) is 0 Å². The van der Waals surface area contributed by atoms with Gasteiger partial charge >= 0.3 is 0 Å². The van der Waals surface area contributed by atoms with Gasteiger partial charge in [-0.1, -0.05) is 85.1 Å². The zero-order valence-electron chi connectivity index (χ0n) is 23.9. The Kier molecular flexibility index (Phi) is 11.6. The van der Waals surface area contributed by atoms with Crippen LogP contribution < -0.4 is 9.62 Å². The molecule has 0 aromatic heterocycles. The van der Waals surface area contributed by atoms with Crippen LogP contribution in [-0.2, 0) is 32.6 Å². The van der Waals surface area contributed by atoms with Crippen LogP contribution in [0.2, 0.25) is 10.0 Å². The minimum atomic E-state index is -3.85. The number of nitrogens with zero attached hydrogens (tertiary/aromatic N) is 2. The summed E-state index contributed by atoms with van der Waals surface area (Å²) in [6.45, 7) is 5.75. The lowest BCUT2D eigenvalue weighted by atomic mass is 10.0. The number of sulfonamides is 1. The third-order valence-electron chi connectivity index (χ3n) is 6.96. The zero-order chi connectivity index (χ0) is 30.2. The van der Waals surface area contributed by atoms with E-state index >= 15 is 0 Å². The van der Waals surface area contributed by atoms with Crippen molar-refractivity contribution in [3.63, 3.8) is 0 Å². The monoisotopic (exact) mass is 617 g/mol. The van der Waals surface area contributed by atoms with Crippen LogP contribution in [0, 0.1) is 13.8 Å². The van der Waals surface area contributed by atoms with Gasteiger partial charge in [0, 0.05) is 19.5 Å². The van der Waals surface area contributed by atoms with Crippen molar-refractivity contribution in [3.05, 3.63) is 99.0 Å². The maximum Gasteiger partial charge on any atom is 0.244 e. The van der Waals surface area contributed by atoms with Crippen molar-refractivity contribution in [1.82, 2.24) is 10.2 Å².